The van der Waals surface area contributed by atoms with Gasteiger partial charge in [-0.3, -0.25) is 4.98 Å². The second kappa shape index (κ2) is 6.81. The van der Waals surface area contributed by atoms with Crippen molar-refractivity contribution in [2.75, 3.05) is 14.2 Å². The first-order chi connectivity index (χ1) is 9.65. The van der Waals surface area contributed by atoms with Gasteiger partial charge in [0.1, 0.15) is 0 Å². The number of halogens is 2. The Morgan fingerprint density at radius 2 is 2.15 bits per heavy atom. The van der Waals surface area contributed by atoms with E-state index >= 15 is 0 Å². The maximum Gasteiger partial charge on any atom is 0.168 e. The maximum absolute atomic E-state index is 14.2. The van der Waals surface area contributed by atoms with Crippen molar-refractivity contribution < 1.29 is 9.13 Å². The Kier molecular flexibility index (Phi) is 5.09. The molecular formula is C15H16BrFN2O. The Morgan fingerprint density at radius 3 is 2.75 bits per heavy atom. The Bertz CT molecular complexity index is 575. The Balaban J connectivity index is 2.24. The first-order valence-corrected chi connectivity index (χ1v) is 7.05. The van der Waals surface area contributed by atoms with Crippen molar-refractivity contribution in [3.05, 3.63) is 58.1 Å². The second-order valence-corrected chi connectivity index (χ2v) is 5.30. The summed E-state index contributed by atoms with van der Waals surface area (Å²) in [7, 11) is 3.31. The molecule has 0 aliphatic carbocycles. The van der Waals surface area contributed by atoms with E-state index in [4.69, 9.17) is 4.74 Å². The number of rotatable bonds is 5. The van der Waals surface area contributed by atoms with Crippen LogP contribution in [-0.4, -0.2) is 19.1 Å². The molecule has 1 aromatic carbocycles. The van der Waals surface area contributed by atoms with Crippen molar-refractivity contribution in [3.8, 4) is 5.75 Å². The molecule has 106 valence electrons. The lowest BCUT2D eigenvalue weighted by atomic mass is 10.0. The van der Waals surface area contributed by atoms with Crippen LogP contribution in [-0.2, 0) is 6.42 Å². The standard InChI is InChI=1S/C15H16BrFN2O/c1-18-13(12-7-6-11(16)9-19-12)8-10-4-3-5-14(20-2)15(10)17/h3-7,9,13,18H,8H2,1-2H3. The average Bonchev–Trinajstić information content (AvgIpc) is 2.47. The zero-order valence-corrected chi connectivity index (χ0v) is 12.9. The van der Waals surface area contributed by atoms with Crippen LogP contribution in [0, 0.1) is 5.82 Å². The van der Waals surface area contributed by atoms with Crippen LogP contribution in [0.5, 0.6) is 5.75 Å². The normalized spacial score (nSPS) is 12.2. The number of hydrogen-bond donors (Lipinski definition) is 1. The third-order valence-electron chi connectivity index (χ3n) is 3.14. The van der Waals surface area contributed by atoms with E-state index in [9.17, 15) is 4.39 Å². The predicted octanol–water partition coefficient (Wildman–Crippen LogP) is 3.50. The molecule has 2 rings (SSSR count). The number of pyridine rings is 1. The molecular weight excluding hydrogens is 323 g/mol. The van der Waals surface area contributed by atoms with Gasteiger partial charge in [-0.15, -0.1) is 0 Å². The van der Waals surface area contributed by atoms with Gasteiger partial charge in [0.2, 0.25) is 0 Å². The van der Waals surface area contributed by atoms with E-state index in [0.29, 0.717) is 12.0 Å². The Morgan fingerprint density at radius 1 is 1.35 bits per heavy atom. The fraction of sp³-hybridized carbons (Fsp3) is 0.267. The first kappa shape index (κ1) is 14.9. The van der Waals surface area contributed by atoms with Gasteiger partial charge in [-0.1, -0.05) is 12.1 Å². The SMILES string of the molecule is CNC(Cc1cccc(OC)c1F)c1ccc(Br)cn1. The van der Waals surface area contributed by atoms with Crippen LogP contribution < -0.4 is 10.1 Å². The molecule has 5 heteroatoms. The zero-order valence-electron chi connectivity index (χ0n) is 11.4. The number of likely N-dealkylation sites (N-methyl/N-ethyl adjacent to an activating group) is 1. The highest BCUT2D eigenvalue weighted by molar-refractivity contribution is 9.10. The molecule has 3 nitrogen and oxygen atoms in total. The fourth-order valence-electron chi connectivity index (χ4n) is 2.04. The molecule has 0 spiro atoms. The van der Waals surface area contributed by atoms with Crippen LogP contribution in [0.25, 0.3) is 0 Å². The summed E-state index contributed by atoms with van der Waals surface area (Å²) in [5, 5.41) is 3.17. The van der Waals surface area contributed by atoms with E-state index in [1.165, 1.54) is 7.11 Å². The van der Waals surface area contributed by atoms with Gasteiger partial charge in [-0.25, -0.2) is 4.39 Å². The number of hydrogen-bond acceptors (Lipinski definition) is 3. The van der Waals surface area contributed by atoms with Gasteiger partial charge < -0.3 is 10.1 Å². The van der Waals surface area contributed by atoms with Gasteiger partial charge in [-0.05, 0) is 53.2 Å². The second-order valence-electron chi connectivity index (χ2n) is 4.38. The largest absolute Gasteiger partial charge is 0.494 e. The highest BCUT2D eigenvalue weighted by Crippen LogP contribution is 2.24. The number of methoxy groups -OCH3 is 1. The minimum Gasteiger partial charge on any atom is -0.494 e. The first-order valence-electron chi connectivity index (χ1n) is 6.25. The molecule has 1 unspecified atom stereocenters. The average molecular weight is 339 g/mol. The molecule has 2 aromatic rings. The van der Waals surface area contributed by atoms with Crippen molar-refractivity contribution in [2.24, 2.45) is 0 Å². The molecule has 1 heterocycles. The van der Waals surface area contributed by atoms with Crippen molar-refractivity contribution in [1.29, 1.82) is 0 Å². The van der Waals surface area contributed by atoms with Crippen LogP contribution in [0.2, 0.25) is 0 Å². The molecule has 1 aromatic heterocycles. The summed E-state index contributed by atoms with van der Waals surface area (Å²) in [6.45, 7) is 0. The molecule has 0 fully saturated rings. The van der Waals surface area contributed by atoms with Crippen LogP contribution in [0.4, 0.5) is 4.39 Å². The fourth-order valence-corrected chi connectivity index (χ4v) is 2.27. The lowest BCUT2D eigenvalue weighted by Gasteiger charge is -2.17. The molecule has 0 aliphatic rings. The van der Waals surface area contributed by atoms with Crippen molar-refractivity contribution in [3.63, 3.8) is 0 Å². The zero-order chi connectivity index (χ0) is 14.5. The minimum absolute atomic E-state index is 0.0512. The summed E-state index contributed by atoms with van der Waals surface area (Å²) in [5.41, 5.74) is 1.48. The Labute approximate surface area is 126 Å². The molecule has 0 radical (unpaired) electrons. The van der Waals surface area contributed by atoms with Crippen molar-refractivity contribution >= 4 is 15.9 Å². The van der Waals surface area contributed by atoms with E-state index in [0.717, 1.165) is 10.2 Å². The van der Waals surface area contributed by atoms with Crippen molar-refractivity contribution in [1.82, 2.24) is 10.3 Å². The van der Waals surface area contributed by atoms with Gasteiger partial charge in [0.05, 0.1) is 18.8 Å². The van der Waals surface area contributed by atoms with E-state index in [1.807, 2.05) is 19.2 Å². The summed E-state index contributed by atoms with van der Waals surface area (Å²) in [6.07, 6.45) is 2.25. The molecule has 1 atom stereocenters. The summed E-state index contributed by atoms with van der Waals surface area (Å²) < 4.78 is 20.1. The lowest BCUT2D eigenvalue weighted by Crippen LogP contribution is -2.20. The molecule has 0 saturated heterocycles. The summed E-state index contributed by atoms with van der Waals surface area (Å²) in [4.78, 5) is 4.35. The van der Waals surface area contributed by atoms with Gasteiger partial charge in [-0.2, -0.15) is 0 Å². The van der Waals surface area contributed by atoms with Gasteiger partial charge >= 0.3 is 0 Å². The molecule has 1 N–H and O–H groups in total. The van der Waals surface area contributed by atoms with E-state index in [-0.39, 0.29) is 17.6 Å². The van der Waals surface area contributed by atoms with E-state index in [2.05, 4.69) is 26.2 Å². The van der Waals surface area contributed by atoms with Crippen LogP contribution in [0.15, 0.2) is 41.0 Å². The molecule has 0 aliphatic heterocycles. The quantitative estimate of drug-likeness (QED) is 0.905. The van der Waals surface area contributed by atoms with Crippen LogP contribution in [0.3, 0.4) is 0 Å². The van der Waals surface area contributed by atoms with E-state index < -0.39 is 0 Å². The number of nitrogens with zero attached hydrogens (tertiary/aromatic N) is 1. The summed E-state index contributed by atoms with van der Waals surface area (Å²) in [5.74, 6) is -0.0477. The highest BCUT2D eigenvalue weighted by Gasteiger charge is 2.16. The highest BCUT2D eigenvalue weighted by atomic mass is 79.9. The monoisotopic (exact) mass is 338 g/mol. The van der Waals surface area contributed by atoms with Crippen molar-refractivity contribution in [2.45, 2.75) is 12.5 Å². The lowest BCUT2D eigenvalue weighted by molar-refractivity contribution is 0.382. The van der Waals surface area contributed by atoms with Crippen LogP contribution in [0.1, 0.15) is 17.3 Å². The summed E-state index contributed by atoms with van der Waals surface area (Å²) in [6, 6.07) is 8.97. The molecule has 0 bridgehead atoms. The van der Waals surface area contributed by atoms with Gasteiger partial charge in [0.15, 0.2) is 11.6 Å². The van der Waals surface area contributed by atoms with Crippen LogP contribution >= 0.6 is 15.9 Å². The summed E-state index contributed by atoms with van der Waals surface area (Å²) >= 11 is 3.35. The third-order valence-corrected chi connectivity index (χ3v) is 3.61. The number of nitrogens with one attached hydrogen (secondary N) is 1. The molecule has 20 heavy (non-hydrogen) atoms. The van der Waals surface area contributed by atoms with E-state index in [1.54, 1.807) is 24.4 Å². The third kappa shape index (κ3) is 3.35. The minimum atomic E-state index is -0.313. The smallest absolute Gasteiger partial charge is 0.168 e. The number of benzene rings is 1. The maximum atomic E-state index is 14.2. The predicted molar refractivity (Wildman–Crippen MR) is 80.4 cm³/mol. The topological polar surface area (TPSA) is 34.1 Å². The van der Waals surface area contributed by atoms with Gasteiger partial charge in [0.25, 0.3) is 0 Å². The number of aromatic nitrogens is 1. The number of ether oxygens (including phenoxy) is 1. The molecule has 0 saturated carbocycles. The Hall–Kier alpha value is -1.46. The van der Waals surface area contributed by atoms with Gasteiger partial charge in [0, 0.05) is 10.7 Å². The molecule has 0 amide bonds.